The second kappa shape index (κ2) is 14.3. The lowest BCUT2D eigenvalue weighted by Gasteiger charge is -2.43. The molecule has 260 valence electrons. The number of anilines is 1. The van der Waals surface area contributed by atoms with Crippen LogP contribution in [0, 0.1) is 0 Å². The maximum atomic E-state index is 13.6. The number of rotatable bonds is 10. The Morgan fingerprint density at radius 2 is 1.39 bits per heavy atom. The fourth-order valence-electron chi connectivity index (χ4n) is 6.15. The van der Waals surface area contributed by atoms with Crippen LogP contribution in [0.15, 0.2) is 108 Å². The highest BCUT2D eigenvalue weighted by atomic mass is 28.4. The van der Waals surface area contributed by atoms with Crippen LogP contribution < -0.4 is 21.4 Å². The number of hydrogen-bond donors (Lipinski definition) is 2. The Morgan fingerprint density at radius 3 is 1.88 bits per heavy atom. The number of benzene rings is 3. The zero-order chi connectivity index (χ0) is 35.6. The highest BCUT2D eigenvalue weighted by molar-refractivity contribution is 6.99. The number of hydrogen-bond acceptors (Lipinski definition) is 7. The third-order valence-corrected chi connectivity index (χ3v) is 19.3. The molecule has 11 heteroatoms. The second-order valence-electron chi connectivity index (χ2n) is 15.2. The SMILES string of the molecule is CC(C)(C)[Si](C)(C)O[C@@H]1[C@H](O)[C@@H](CO[Si](c2ccccc2)(c2ccccc2)C(C)(C)C)O[C@H]1n1ccc(NC(=O)c2ccccc2)nc1=O. The molecule has 0 unspecified atom stereocenters. The Hall–Kier alpha value is -3.72. The van der Waals surface area contributed by atoms with Crippen LogP contribution in [0.4, 0.5) is 5.82 Å². The third-order valence-electron chi connectivity index (χ3n) is 9.81. The molecule has 4 aromatic rings. The van der Waals surface area contributed by atoms with Crippen molar-refractivity contribution in [3.8, 4) is 0 Å². The molecule has 49 heavy (non-hydrogen) atoms. The van der Waals surface area contributed by atoms with E-state index in [4.69, 9.17) is 13.6 Å². The summed E-state index contributed by atoms with van der Waals surface area (Å²) in [5.41, 5.74) is -0.192. The predicted molar refractivity (Wildman–Crippen MR) is 198 cm³/mol. The molecular weight excluding hydrogens is 651 g/mol. The minimum atomic E-state index is -2.95. The van der Waals surface area contributed by atoms with E-state index < -0.39 is 46.9 Å². The number of carbonyl (C=O) groups is 1. The Bertz CT molecular complexity index is 1730. The van der Waals surface area contributed by atoms with Gasteiger partial charge in [-0.2, -0.15) is 4.98 Å². The molecule has 9 nitrogen and oxygen atoms in total. The van der Waals surface area contributed by atoms with Crippen molar-refractivity contribution in [2.75, 3.05) is 11.9 Å². The van der Waals surface area contributed by atoms with Crippen molar-refractivity contribution < 1.29 is 23.5 Å². The average molecular weight is 700 g/mol. The van der Waals surface area contributed by atoms with E-state index in [2.05, 4.69) is 89.2 Å². The van der Waals surface area contributed by atoms with E-state index in [1.165, 1.54) is 10.8 Å². The topological polar surface area (TPSA) is 112 Å². The summed E-state index contributed by atoms with van der Waals surface area (Å²) in [5.74, 6) is -0.264. The lowest BCUT2D eigenvalue weighted by Crippen LogP contribution is -2.67. The lowest BCUT2D eigenvalue weighted by atomic mass is 10.1. The average Bonchev–Trinajstić information content (AvgIpc) is 3.35. The molecule has 1 amide bonds. The van der Waals surface area contributed by atoms with Crippen LogP contribution in [-0.2, 0) is 13.6 Å². The standard InChI is InChI=1S/C38H49N3O6Si2/c1-37(2,3)48(7,8)47-33-32(42)30(26-45-49(38(4,5)6,28-20-14-10-15-21-28)29-22-16-11-17-23-29)46-35(33)41-25-24-31(40-36(41)44)39-34(43)27-18-12-9-13-19-27/h9-25,30,32-33,35,42H,26H2,1-8H3,(H,39,40,43,44)/t30-,32-,33-,35-/m1/s1. The van der Waals surface area contributed by atoms with Gasteiger partial charge in [-0.25, -0.2) is 4.79 Å². The summed E-state index contributed by atoms with van der Waals surface area (Å²) in [5, 5.41) is 16.4. The van der Waals surface area contributed by atoms with E-state index >= 15 is 0 Å². The molecule has 3 aromatic carbocycles. The number of aliphatic hydroxyl groups is 1. The van der Waals surface area contributed by atoms with Gasteiger partial charge in [-0.05, 0) is 51.7 Å². The van der Waals surface area contributed by atoms with Gasteiger partial charge in [0.15, 0.2) is 14.5 Å². The number of aliphatic hydroxyl groups excluding tert-OH is 1. The highest BCUT2D eigenvalue weighted by Crippen LogP contribution is 2.43. The Labute approximate surface area is 291 Å². The zero-order valence-corrected chi connectivity index (χ0v) is 31.7. The smallest absolute Gasteiger partial charge is 0.351 e. The van der Waals surface area contributed by atoms with Crippen molar-refractivity contribution in [1.82, 2.24) is 9.55 Å². The number of ether oxygens (including phenoxy) is 1. The number of aromatic nitrogens is 2. The molecule has 0 radical (unpaired) electrons. The van der Waals surface area contributed by atoms with Gasteiger partial charge in [0, 0.05) is 11.8 Å². The van der Waals surface area contributed by atoms with Crippen LogP contribution in [0.5, 0.6) is 0 Å². The van der Waals surface area contributed by atoms with Gasteiger partial charge in [-0.3, -0.25) is 9.36 Å². The van der Waals surface area contributed by atoms with Crippen LogP contribution in [0.3, 0.4) is 0 Å². The van der Waals surface area contributed by atoms with Crippen molar-refractivity contribution in [2.24, 2.45) is 0 Å². The molecular formula is C38H49N3O6Si2. The maximum Gasteiger partial charge on any atom is 0.351 e. The summed E-state index contributed by atoms with van der Waals surface area (Å²) in [6, 6.07) is 30.8. The first-order chi connectivity index (χ1) is 23.0. The third kappa shape index (κ3) is 7.57. The molecule has 1 saturated heterocycles. The first kappa shape index (κ1) is 36.6. The van der Waals surface area contributed by atoms with Gasteiger partial charge in [0.1, 0.15) is 24.1 Å². The summed E-state index contributed by atoms with van der Waals surface area (Å²) < 4.78 is 21.9. The van der Waals surface area contributed by atoms with E-state index in [-0.39, 0.29) is 28.4 Å². The van der Waals surface area contributed by atoms with Crippen LogP contribution in [-0.4, -0.2) is 62.1 Å². The van der Waals surface area contributed by atoms with E-state index in [9.17, 15) is 14.7 Å². The van der Waals surface area contributed by atoms with E-state index in [0.29, 0.717) is 5.56 Å². The minimum Gasteiger partial charge on any atom is -0.407 e. The van der Waals surface area contributed by atoms with Crippen molar-refractivity contribution in [2.45, 2.75) is 89.3 Å². The van der Waals surface area contributed by atoms with Gasteiger partial charge in [-0.15, -0.1) is 0 Å². The molecule has 0 saturated carbocycles. The molecule has 2 heterocycles. The van der Waals surface area contributed by atoms with Gasteiger partial charge in [0.25, 0.3) is 14.2 Å². The predicted octanol–water partition coefficient (Wildman–Crippen LogP) is 5.72. The number of amides is 1. The molecule has 0 bridgehead atoms. The molecule has 1 aliphatic rings. The largest absolute Gasteiger partial charge is 0.407 e. The summed E-state index contributed by atoms with van der Waals surface area (Å²) in [4.78, 5) is 30.5. The second-order valence-corrected chi connectivity index (χ2v) is 24.3. The molecule has 2 N–H and O–H groups in total. The summed E-state index contributed by atoms with van der Waals surface area (Å²) in [7, 11) is -5.42. The maximum absolute atomic E-state index is 13.6. The van der Waals surface area contributed by atoms with Crippen LogP contribution >= 0.6 is 0 Å². The Balaban J connectivity index is 1.49. The van der Waals surface area contributed by atoms with Crippen molar-refractivity contribution >= 4 is 38.7 Å². The van der Waals surface area contributed by atoms with Gasteiger partial charge in [0.2, 0.25) is 0 Å². The molecule has 5 rings (SSSR count). The number of nitrogens with one attached hydrogen (secondary N) is 1. The molecule has 1 aromatic heterocycles. The molecule has 0 spiro atoms. The fourth-order valence-corrected chi connectivity index (χ4v) is 12.0. The lowest BCUT2D eigenvalue weighted by molar-refractivity contribution is -0.0509. The van der Waals surface area contributed by atoms with Crippen LogP contribution in [0.25, 0.3) is 0 Å². The summed E-state index contributed by atoms with van der Waals surface area (Å²) in [6.07, 6.45) is -2.21. The highest BCUT2D eigenvalue weighted by Gasteiger charge is 2.54. The van der Waals surface area contributed by atoms with Gasteiger partial charge >= 0.3 is 5.69 Å². The first-order valence-corrected chi connectivity index (χ1v) is 21.6. The quantitative estimate of drug-likeness (QED) is 0.204. The van der Waals surface area contributed by atoms with Gasteiger partial charge in [0.05, 0.1) is 6.61 Å². The molecule has 4 atom stereocenters. The first-order valence-electron chi connectivity index (χ1n) is 16.8. The molecule has 0 aliphatic carbocycles. The van der Waals surface area contributed by atoms with Gasteiger partial charge in [-0.1, -0.05) is 120 Å². The molecule has 1 fully saturated rings. The van der Waals surface area contributed by atoms with E-state index in [1.807, 2.05) is 42.5 Å². The van der Waals surface area contributed by atoms with Crippen molar-refractivity contribution in [3.05, 3.63) is 119 Å². The number of nitrogens with zero attached hydrogens (tertiary/aromatic N) is 2. The number of carbonyl (C=O) groups excluding carboxylic acids is 1. The van der Waals surface area contributed by atoms with Crippen LogP contribution in [0.1, 0.15) is 58.1 Å². The fraction of sp³-hybridized carbons (Fsp3) is 0.395. The Kier molecular flexibility index (Phi) is 10.6. The summed E-state index contributed by atoms with van der Waals surface area (Å²) in [6.45, 7) is 17.2. The molecule has 1 aliphatic heterocycles. The summed E-state index contributed by atoms with van der Waals surface area (Å²) >= 11 is 0. The normalized spacial score (nSPS) is 20.3. The van der Waals surface area contributed by atoms with E-state index in [1.54, 1.807) is 30.3 Å². The zero-order valence-electron chi connectivity index (χ0n) is 29.7. The minimum absolute atomic E-state index is 0.0791. The van der Waals surface area contributed by atoms with E-state index in [0.717, 1.165) is 10.4 Å². The Morgan fingerprint density at radius 1 is 0.857 bits per heavy atom. The van der Waals surface area contributed by atoms with Crippen molar-refractivity contribution in [1.29, 1.82) is 0 Å². The van der Waals surface area contributed by atoms with Crippen molar-refractivity contribution in [3.63, 3.8) is 0 Å². The van der Waals surface area contributed by atoms with Crippen LogP contribution in [0.2, 0.25) is 23.2 Å². The monoisotopic (exact) mass is 699 g/mol. The van der Waals surface area contributed by atoms with Gasteiger partial charge < -0.3 is 24.0 Å².